The summed E-state index contributed by atoms with van der Waals surface area (Å²) in [5.74, 6) is -0.739. The number of Topliss-reactive ketones (excluding diaryl/α,β-unsaturated/α-hetero) is 1. The highest BCUT2D eigenvalue weighted by atomic mass is 32.2. The second-order valence-electron chi connectivity index (χ2n) is 8.81. The molecule has 6 rings (SSSR count). The monoisotopic (exact) mass is 422 g/mol. The zero-order valence-electron chi connectivity index (χ0n) is 15.4. The molecule has 0 aromatic carbocycles. The maximum atomic E-state index is 14.0. The number of nitrogens with zero attached hydrogens (tertiary/aromatic N) is 2. The molecule has 28 heavy (non-hydrogen) atoms. The van der Waals surface area contributed by atoms with Gasteiger partial charge >= 0.3 is 0 Å². The normalized spacial score (nSPS) is 53.5. The lowest BCUT2D eigenvalue weighted by molar-refractivity contribution is -0.170. The predicted molar refractivity (Wildman–Crippen MR) is 103 cm³/mol. The molecule has 5 fully saturated rings. The largest absolute Gasteiger partial charge is 0.391 e. The van der Waals surface area contributed by atoms with Gasteiger partial charge in [0.15, 0.2) is 9.74 Å². The SMILES string of the molecule is CS[C@@]12C[C@H]3C(=O)CC[C@H](O)[C@H]3N1C(=O)[C@@]13C[C@@H]4[C@@H]([C@@H](O)C=C[C@@H]4S1)N3C2=O. The minimum Gasteiger partial charge on any atom is -0.391 e. The van der Waals surface area contributed by atoms with E-state index < -0.39 is 33.9 Å². The second kappa shape index (κ2) is 5.36. The molecule has 0 aromatic rings. The Morgan fingerprint density at radius 1 is 1.11 bits per heavy atom. The number of fused-ring (bicyclic) bond motifs is 4. The summed E-state index contributed by atoms with van der Waals surface area (Å²) >= 11 is 2.79. The highest BCUT2D eigenvalue weighted by Gasteiger charge is 2.78. The van der Waals surface area contributed by atoms with Gasteiger partial charge in [0, 0.05) is 29.9 Å². The number of thioether (sulfide) groups is 2. The Kier molecular flexibility index (Phi) is 3.41. The lowest BCUT2D eigenvalue weighted by Gasteiger charge is -2.56. The molecule has 1 saturated carbocycles. The number of hydrogen-bond acceptors (Lipinski definition) is 7. The van der Waals surface area contributed by atoms with Crippen LogP contribution in [0.15, 0.2) is 12.2 Å². The fourth-order valence-corrected chi connectivity index (χ4v) is 9.51. The van der Waals surface area contributed by atoms with Gasteiger partial charge in [-0.2, -0.15) is 0 Å². The fourth-order valence-electron chi connectivity index (χ4n) is 6.63. The van der Waals surface area contributed by atoms with Crippen molar-refractivity contribution in [2.24, 2.45) is 11.8 Å². The minimum atomic E-state index is -1.17. The van der Waals surface area contributed by atoms with Gasteiger partial charge in [0.05, 0.1) is 24.3 Å². The number of carbonyl (C=O) groups is 3. The van der Waals surface area contributed by atoms with Gasteiger partial charge in [-0.25, -0.2) is 0 Å². The maximum Gasteiger partial charge on any atom is 0.261 e. The summed E-state index contributed by atoms with van der Waals surface area (Å²) in [6, 6.07) is -1.01. The van der Waals surface area contributed by atoms with Crippen molar-refractivity contribution in [2.75, 3.05) is 6.26 Å². The molecule has 2 amide bonds. The van der Waals surface area contributed by atoms with Gasteiger partial charge in [0.25, 0.3) is 11.8 Å². The standard InChI is InChI=1S/C19H22N2O5S2/c1-27-18-6-8-10(22)2-3-11(23)14(8)20(18)17(26)19-7-9-13(28-19)5-4-12(24)15(9)21(19)16(18)25/h4-5,8-9,11-15,23-24H,2-3,6-7H2,1H3/t8-,9-,11-,12-,13-,14-,15-,18+,19+/m0/s1. The number of rotatable bonds is 1. The fraction of sp³-hybridized carbons (Fsp3) is 0.737. The number of aliphatic hydroxyl groups excluding tert-OH is 2. The van der Waals surface area contributed by atoms with Crippen LogP contribution in [0.3, 0.4) is 0 Å². The van der Waals surface area contributed by atoms with E-state index in [1.807, 2.05) is 6.08 Å². The quantitative estimate of drug-likeness (QED) is 0.572. The van der Waals surface area contributed by atoms with Crippen LogP contribution in [-0.4, -0.2) is 83.1 Å². The first kappa shape index (κ1) is 17.8. The predicted octanol–water partition coefficient (Wildman–Crippen LogP) is -0.0403. The van der Waals surface area contributed by atoms with Crippen molar-refractivity contribution >= 4 is 41.1 Å². The third-order valence-electron chi connectivity index (χ3n) is 7.77. The van der Waals surface area contributed by atoms with Crippen LogP contribution in [0, 0.1) is 11.8 Å². The van der Waals surface area contributed by atoms with E-state index in [1.54, 1.807) is 22.1 Å². The molecule has 2 aliphatic carbocycles. The molecule has 9 heteroatoms. The zero-order valence-corrected chi connectivity index (χ0v) is 17.0. The van der Waals surface area contributed by atoms with Crippen LogP contribution < -0.4 is 0 Å². The molecule has 0 unspecified atom stereocenters. The van der Waals surface area contributed by atoms with Gasteiger partial charge in [-0.1, -0.05) is 12.2 Å². The number of aliphatic hydroxyl groups is 2. The smallest absolute Gasteiger partial charge is 0.261 e. The Hall–Kier alpha value is -1.03. The van der Waals surface area contributed by atoms with Crippen molar-refractivity contribution in [3.63, 3.8) is 0 Å². The van der Waals surface area contributed by atoms with Crippen LogP contribution in [-0.2, 0) is 14.4 Å². The van der Waals surface area contributed by atoms with Gasteiger partial charge in [0.1, 0.15) is 5.78 Å². The molecular formula is C19H22N2O5S2. The lowest BCUT2D eigenvalue weighted by atomic mass is 9.81. The molecule has 1 spiro atoms. The van der Waals surface area contributed by atoms with Crippen LogP contribution in [0.4, 0.5) is 0 Å². The Bertz CT molecular complexity index is 850. The van der Waals surface area contributed by atoms with Crippen LogP contribution in [0.2, 0.25) is 0 Å². The third kappa shape index (κ3) is 1.73. The first-order chi connectivity index (χ1) is 13.4. The van der Waals surface area contributed by atoms with Crippen LogP contribution >= 0.6 is 23.5 Å². The third-order valence-corrected chi connectivity index (χ3v) is 10.7. The van der Waals surface area contributed by atoms with Gasteiger partial charge in [-0.15, -0.1) is 23.5 Å². The number of carbonyl (C=O) groups excluding carboxylic acids is 3. The molecule has 0 aromatic heterocycles. The van der Waals surface area contributed by atoms with E-state index >= 15 is 0 Å². The molecule has 4 heterocycles. The first-order valence-electron chi connectivity index (χ1n) is 9.83. The van der Waals surface area contributed by atoms with E-state index in [9.17, 15) is 24.6 Å². The second-order valence-corrected chi connectivity index (χ2v) is 11.4. The van der Waals surface area contributed by atoms with Crippen LogP contribution in [0.5, 0.6) is 0 Å². The van der Waals surface area contributed by atoms with Crippen molar-refractivity contribution in [1.82, 2.24) is 9.80 Å². The van der Waals surface area contributed by atoms with Gasteiger partial charge in [-0.05, 0) is 19.1 Å². The van der Waals surface area contributed by atoms with Crippen molar-refractivity contribution in [3.05, 3.63) is 12.2 Å². The van der Waals surface area contributed by atoms with Crippen molar-refractivity contribution in [3.8, 4) is 0 Å². The number of ketones is 1. The summed E-state index contributed by atoms with van der Waals surface area (Å²) < 4.78 is 0. The topological polar surface area (TPSA) is 98.2 Å². The van der Waals surface area contributed by atoms with E-state index in [2.05, 4.69) is 0 Å². The highest BCUT2D eigenvalue weighted by molar-refractivity contribution is 8.02. The van der Waals surface area contributed by atoms with Crippen molar-refractivity contribution in [2.45, 2.75) is 65.0 Å². The van der Waals surface area contributed by atoms with E-state index in [4.69, 9.17) is 0 Å². The lowest BCUT2D eigenvalue weighted by Crippen LogP contribution is -2.76. The average molecular weight is 423 g/mol. The number of hydrogen-bond donors (Lipinski definition) is 2. The minimum absolute atomic E-state index is 0.0359. The number of amides is 2. The molecule has 9 atom stereocenters. The number of piperazine rings is 1. The van der Waals surface area contributed by atoms with Crippen LogP contribution in [0.1, 0.15) is 25.7 Å². The molecule has 7 nitrogen and oxygen atoms in total. The Morgan fingerprint density at radius 3 is 2.64 bits per heavy atom. The van der Waals surface area contributed by atoms with Crippen molar-refractivity contribution < 1.29 is 24.6 Å². The van der Waals surface area contributed by atoms with Gasteiger partial charge < -0.3 is 20.0 Å². The summed E-state index contributed by atoms with van der Waals surface area (Å²) in [4.78, 5) is 41.6. The molecular weight excluding hydrogens is 400 g/mol. The molecule has 2 N–H and O–H groups in total. The molecule has 0 radical (unpaired) electrons. The summed E-state index contributed by atoms with van der Waals surface area (Å²) in [6.07, 6.45) is 5.35. The molecule has 150 valence electrons. The van der Waals surface area contributed by atoms with E-state index in [-0.39, 0.29) is 41.2 Å². The summed E-state index contributed by atoms with van der Waals surface area (Å²) in [5.41, 5.74) is 0. The molecule has 4 aliphatic heterocycles. The van der Waals surface area contributed by atoms with E-state index in [0.717, 1.165) is 0 Å². The van der Waals surface area contributed by atoms with E-state index in [1.165, 1.54) is 23.5 Å². The molecule has 2 bridgehead atoms. The van der Waals surface area contributed by atoms with Crippen LogP contribution in [0.25, 0.3) is 0 Å². The van der Waals surface area contributed by atoms with Crippen molar-refractivity contribution in [1.29, 1.82) is 0 Å². The summed E-state index contributed by atoms with van der Waals surface area (Å²) in [7, 11) is 0. The van der Waals surface area contributed by atoms with Gasteiger partial charge in [0.2, 0.25) is 0 Å². The first-order valence-corrected chi connectivity index (χ1v) is 11.9. The average Bonchev–Trinajstić information content (AvgIpc) is 3.34. The molecule has 4 saturated heterocycles. The molecule has 6 aliphatic rings. The van der Waals surface area contributed by atoms with E-state index in [0.29, 0.717) is 19.3 Å². The summed E-state index contributed by atoms with van der Waals surface area (Å²) in [5, 5.41) is 21.5. The zero-order chi connectivity index (χ0) is 19.6. The van der Waals surface area contributed by atoms with Gasteiger partial charge in [-0.3, -0.25) is 14.4 Å². The maximum absolute atomic E-state index is 14.0. The Morgan fingerprint density at radius 2 is 1.89 bits per heavy atom. The Labute approximate surface area is 170 Å². The highest BCUT2D eigenvalue weighted by Crippen LogP contribution is 2.66. The summed E-state index contributed by atoms with van der Waals surface area (Å²) in [6.45, 7) is 0. The Balaban J connectivity index is 1.53.